The van der Waals surface area contributed by atoms with E-state index in [1.54, 1.807) is 0 Å². The summed E-state index contributed by atoms with van der Waals surface area (Å²) < 4.78 is 0. The maximum atomic E-state index is 12.7. The largest absolute Gasteiger partial charge is 0.299 e. The van der Waals surface area contributed by atoms with E-state index < -0.39 is 0 Å². The molecule has 0 spiro atoms. The summed E-state index contributed by atoms with van der Waals surface area (Å²) in [4.78, 5) is 25.1. The zero-order valence-electron chi connectivity index (χ0n) is 17.0. The summed E-state index contributed by atoms with van der Waals surface area (Å²) in [6, 6.07) is 10.6. The second-order valence-corrected chi connectivity index (χ2v) is 10.0. The van der Waals surface area contributed by atoms with E-state index in [0.717, 1.165) is 38.5 Å². The van der Waals surface area contributed by atoms with Gasteiger partial charge in [0.05, 0.1) is 0 Å². The highest BCUT2D eigenvalue weighted by Crippen LogP contribution is 2.63. The lowest BCUT2D eigenvalue weighted by Gasteiger charge is -2.55. The molecule has 0 bridgehead atoms. The Morgan fingerprint density at radius 3 is 2.46 bits per heavy atom. The van der Waals surface area contributed by atoms with Crippen molar-refractivity contribution in [3.8, 4) is 0 Å². The van der Waals surface area contributed by atoms with Crippen LogP contribution in [0.5, 0.6) is 0 Å². The second kappa shape index (κ2) is 6.27. The van der Waals surface area contributed by atoms with E-state index >= 15 is 0 Å². The molecule has 4 aliphatic carbocycles. The van der Waals surface area contributed by atoms with Crippen molar-refractivity contribution < 1.29 is 9.59 Å². The monoisotopic (exact) mass is 374 g/mol. The molecule has 28 heavy (non-hydrogen) atoms. The number of Topliss-reactive ketones (excluding diaryl/α,β-unsaturated/α-hetero) is 1. The maximum Gasteiger partial charge on any atom is 0.156 e. The lowest BCUT2D eigenvalue weighted by molar-refractivity contribution is -0.130. The van der Waals surface area contributed by atoms with Crippen LogP contribution >= 0.6 is 0 Å². The quantitative estimate of drug-likeness (QED) is 0.687. The Balaban J connectivity index is 1.62. The average Bonchev–Trinajstić information content (AvgIpc) is 2.99. The van der Waals surface area contributed by atoms with Gasteiger partial charge < -0.3 is 0 Å². The fraction of sp³-hybridized carbons (Fsp3) is 0.538. The smallest absolute Gasteiger partial charge is 0.156 e. The van der Waals surface area contributed by atoms with E-state index in [2.05, 4.69) is 50.3 Å². The van der Waals surface area contributed by atoms with E-state index in [1.807, 2.05) is 6.08 Å². The van der Waals surface area contributed by atoms with E-state index in [-0.39, 0.29) is 16.6 Å². The highest BCUT2D eigenvalue weighted by atomic mass is 16.1. The minimum absolute atomic E-state index is 0.0738. The number of fused-ring (bicyclic) bond motifs is 5. The van der Waals surface area contributed by atoms with Gasteiger partial charge in [-0.1, -0.05) is 50.3 Å². The van der Waals surface area contributed by atoms with E-state index in [1.165, 1.54) is 16.7 Å². The molecule has 0 heterocycles. The molecule has 0 unspecified atom stereocenters. The van der Waals surface area contributed by atoms with Crippen LogP contribution < -0.4 is 0 Å². The second-order valence-electron chi connectivity index (χ2n) is 10.0. The molecule has 5 rings (SSSR count). The number of hydrogen-bond donors (Lipinski definition) is 0. The first-order valence-corrected chi connectivity index (χ1v) is 11.0. The number of ketones is 2. The highest BCUT2D eigenvalue weighted by molar-refractivity contribution is 5.93. The van der Waals surface area contributed by atoms with Gasteiger partial charge in [-0.15, -0.1) is 0 Å². The Morgan fingerprint density at radius 2 is 1.68 bits per heavy atom. The van der Waals surface area contributed by atoms with Gasteiger partial charge in [0, 0.05) is 18.3 Å². The van der Waals surface area contributed by atoms with Crippen LogP contribution in [-0.4, -0.2) is 11.6 Å². The van der Waals surface area contributed by atoms with E-state index in [0.29, 0.717) is 30.0 Å². The molecule has 0 amide bonds. The number of rotatable bonds is 2. The van der Waals surface area contributed by atoms with Gasteiger partial charge >= 0.3 is 0 Å². The van der Waals surface area contributed by atoms with Gasteiger partial charge in [-0.2, -0.15) is 0 Å². The first-order valence-electron chi connectivity index (χ1n) is 11.0. The summed E-state index contributed by atoms with van der Waals surface area (Å²) in [6.45, 7) is 4.63. The number of carbonyl (C=O) groups excluding carboxylic acids is 2. The predicted molar refractivity (Wildman–Crippen MR) is 111 cm³/mol. The summed E-state index contributed by atoms with van der Waals surface area (Å²) in [5.74, 6) is 2.27. The normalized spacial score (nSPS) is 39.6. The molecule has 5 atom stereocenters. The SMILES string of the molecule is C[C@]12CCC(=O)C=C1C(Cc1ccccc1)=C[C@@H]1[C@@H]2CC[C@]2(C)C(=O)CC[C@@H]12. The van der Waals surface area contributed by atoms with Crippen LogP contribution in [0.25, 0.3) is 0 Å². The van der Waals surface area contributed by atoms with Crippen molar-refractivity contribution >= 4 is 11.6 Å². The van der Waals surface area contributed by atoms with E-state index in [4.69, 9.17) is 0 Å². The van der Waals surface area contributed by atoms with Gasteiger partial charge in [0.15, 0.2) is 5.78 Å². The molecule has 146 valence electrons. The summed E-state index contributed by atoms with van der Waals surface area (Å²) in [7, 11) is 0. The standard InChI is InChI=1S/C26H30O2/c1-25-12-10-19(27)16-23(25)18(14-17-6-4-3-5-7-17)15-20-21-8-9-24(28)26(21,2)13-11-22(20)25/h3-7,15-16,20-22H,8-14H2,1-2H3/t20-,21-,22-,25+,26-/m0/s1. The van der Waals surface area contributed by atoms with Crippen LogP contribution in [0.2, 0.25) is 0 Å². The van der Waals surface area contributed by atoms with Crippen LogP contribution in [0.1, 0.15) is 57.9 Å². The number of allylic oxidation sites excluding steroid dienone is 4. The van der Waals surface area contributed by atoms with Gasteiger partial charge in [-0.3, -0.25) is 9.59 Å². The van der Waals surface area contributed by atoms with Crippen molar-refractivity contribution in [2.75, 3.05) is 0 Å². The Bertz CT molecular complexity index is 892. The maximum absolute atomic E-state index is 12.7. The van der Waals surface area contributed by atoms with Crippen molar-refractivity contribution in [2.45, 2.75) is 58.8 Å². The Morgan fingerprint density at radius 1 is 0.929 bits per heavy atom. The first-order chi connectivity index (χ1) is 13.4. The minimum atomic E-state index is -0.127. The number of hydrogen-bond acceptors (Lipinski definition) is 2. The molecule has 1 aromatic rings. The third-order valence-corrected chi connectivity index (χ3v) is 8.65. The molecule has 0 saturated heterocycles. The van der Waals surface area contributed by atoms with Gasteiger partial charge in [-0.05, 0) is 78.1 Å². The molecule has 1 aromatic carbocycles. The van der Waals surface area contributed by atoms with Crippen LogP contribution in [0, 0.1) is 28.6 Å². The van der Waals surface area contributed by atoms with Crippen LogP contribution in [0.3, 0.4) is 0 Å². The van der Waals surface area contributed by atoms with Crippen molar-refractivity contribution in [1.82, 2.24) is 0 Å². The third kappa shape index (κ3) is 2.53. The van der Waals surface area contributed by atoms with Gasteiger partial charge in [-0.25, -0.2) is 0 Å². The minimum Gasteiger partial charge on any atom is -0.299 e. The molecule has 0 radical (unpaired) electrons. The zero-order chi connectivity index (χ0) is 19.5. The van der Waals surface area contributed by atoms with Gasteiger partial charge in [0.25, 0.3) is 0 Å². The fourth-order valence-corrected chi connectivity index (χ4v) is 7.00. The fourth-order valence-electron chi connectivity index (χ4n) is 7.00. The molecule has 2 saturated carbocycles. The Labute approximate surface area is 168 Å². The Kier molecular flexibility index (Phi) is 4.05. The summed E-state index contributed by atoms with van der Waals surface area (Å²) in [6.07, 6.45) is 10.9. The number of carbonyl (C=O) groups is 2. The molecule has 2 nitrogen and oxygen atoms in total. The summed E-state index contributed by atoms with van der Waals surface area (Å²) in [5.41, 5.74) is 3.88. The molecular weight excluding hydrogens is 344 g/mol. The van der Waals surface area contributed by atoms with Crippen molar-refractivity contribution in [2.24, 2.45) is 28.6 Å². The van der Waals surface area contributed by atoms with Crippen molar-refractivity contribution in [3.63, 3.8) is 0 Å². The molecule has 0 N–H and O–H groups in total. The lowest BCUT2D eigenvalue weighted by atomic mass is 9.48. The average molecular weight is 375 g/mol. The topological polar surface area (TPSA) is 34.1 Å². The highest BCUT2D eigenvalue weighted by Gasteiger charge is 2.58. The van der Waals surface area contributed by atoms with Crippen molar-refractivity contribution in [1.29, 1.82) is 0 Å². The van der Waals surface area contributed by atoms with Gasteiger partial charge in [0.1, 0.15) is 5.78 Å². The van der Waals surface area contributed by atoms with Crippen molar-refractivity contribution in [3.05, 3.63) is 59.2 Å². The van der Waals surface area contributed by atoms with Crippen LogP contribution in [0.4, 0.5) is 0 Å². The lowest BCUT2D eigenvalue weighted by Crippen LogP contribution is -2.50. The summed E-state index contributed by atoms with van der Waals surface area (Å²) in [5, 5.41) is 0. The van der Waals surface area contributed by atoms with E-state index in [9.17, 15) is 9.59 Å². The molecule has 2 heteroatoms. The Hall–Kier alpha value is -1.96. The van der Waals surface area contributed by atoms with Gasteiger partial charge in [0.2, 0.25) is 0 Å². The third-order valence-electron chi connectivity index (χ3n) is 8.65. The number of benzene rings is 1. The summed E-state index contributed by atoms with van der Waals surface area (Å²) >= 11 is 0. The molecule has 4 aliphatic rings. The van der Waals surface area contributed by atoms with Crippen LogP contribution in [-0.2, 0) is 16.0 Å². The predicted octanol–water partition coefficient (Wildman–Crippen LogP) is 5.48. The molecule has 2 fully saturated rings. The van der Waals surface area contributed by atoms with Crippen LogP contribution in [0.15, 0.2) is 53.6 Å². The molecular formula is C26H30O2. The zero-order valence-corrected chi connectivity index (χ0v) is 17.0. The first kappa shape index (κ1) is 18.1. The molecule has 0 aliphatic heterocycles. The molecule has 0 aromatic heterocycles.